The van der Waals surface area contributed by atoms with E-state index in [-0.39, 0.29) is 24.8 Å². The molecule has 0 saturated heterocycles. The van der Waals surface area contributed by atoms with Crippen LogP contribution in [0.1, 0.15) is 35.5 Å². The summed E-state index contributed by atoms with van der Waals surface area (Å²) >= 11 is 0. The minimum atomic E-state index is -1.59. The Morgan fingerprint density at radius 3 is 2.52 bits per heavy atom. The number of carbonyl (C=O) groups is 2. The zero-order chi connectivity index (χ0) is 23.8. The maximum absolute atomic E-state index is 13.5. The van der Waals surface area contributed by atoms with Gasteiger partial charge < -0.3 is 20.9 Å². The molecule has 0 radical (unpaired) electrons. The first-order valence-corrected chi connectivity index (χ1v) is 10.4. The summed E-state index contributed by atoms with van der Waals surface area (Å²) in [5.41, 5.74) is 5.00. The largest absolute Gasteiger partial charge is 0.489 e. The number of hydrogen-bond acceptors (Lipinski definition) is 5. The second-order valence-electron chi connectivity index (χ2n) is 8.55. The standard InChI is InChI=1S/C25H24FN3O4/c1-24(23(27)31)14-33-21-18(24)12-19(29-20(21)15-8-10-17(26)11-9-15)25(2,32)13-28-22(30)16-6-4-3-5-7-16/h3-12,32H,13-14H2,1-2H3,(H2,27,31)(H,28,30)/t24-,25-/m0/s1. The van der Waals surface area contributed by atoms with Crippen molar-refractivity contribution < 1.29 is 23.8 Å². The number of nitrogens with zero attached hydrogens (tertiary/aromatic N) is 1. The van der Waals surface area contributed by atoms with E-state index in [2.05, 4.69) is 10.3 Å². The fourth-order valence-corrected chi connectivity index (χ4v) is 3.70. The van der Waals surface area contributed by atoms with Gasteiger partial charge in [0.15, 0.2) is 0 Å². The summed E-state index contributed by atoms with van der Waals surface area (Å²) in [6.45, 7) is 3.05. The number of primary amides is 1. The van der Waals surface area contributed by atoms with Crippen molar-refractivity contribution >= 4 is 11.8 Å². The van der Waals surface area contributed by atoms with E-state index in [0.29, 0.717) is 28.1 Å². The Kier molecular flexibility index (Phi) is 5.63. The SMILES string of the molecule is C[C@](O)(CNC(=O)c1ccccc1)c1cc2c(c(-c3ccc(F)cc3)n1)OC[C@]2(C)C(N)=O. The van der Waals surface area contributed by atoms with Gasteiger partial charge in [0.1, 0.15) is 34.9 Å². The normalized spacial score (nSPS) is 18.7. The molecule has 0 unspecified atom stereocenters. The summed E-state index contributed by atoms with van der Waals surface area (Å²) in [6.07, 6.45) is 0. The predicted molar refractivity (Wildman–Crippen MR) is 120 cm³/mol. The number of fused-ring (bicyclic) bond motifs is 1. The average molecular weight is 449 g/mol. The highest BCUT2D eigenvalue weighted by Crippen LogP contribution is 2.45. The van der Waals surface area contributed by atoms with Crippen molar-refractivity contribution in [3.8, 4) is 17.0 Å². The summed E-state index contributed by atoms with van der Waals surface area (Å²) in [7, 11) is 0. The van der Waals surface area contributed by atoms with Crippen LogP contribution in [0.25, 0.3) is 11.3 Å². The highest BCUT2D eigenvalue weighted by Gasteiger charge is 2.45. The van der Waals surface area contributed by atoms with Crippen molar-refractivity contribution in [2.24, 2.45) is 5.73 Å². The average Bonchev–Trinajstić information content (AvgIpc) is 3.16. The predicted octanol–water partition coefficient (Wildman–Crippen LogP) is 2.66. The summed E-state index contributed by atoms with van der Waals surface area (Å²) in [4.78, 5) is 29.3. The fraction of sp³-hybridized carbons (Fsp3) is 0.240. The van der Waals surface area contributed by atoms with Crippen molar-refractivity contribution in [1.82, 2.24) is 10.3 Å². The van der Waals surface area contributed by atoms with Crippen molar-refractivity contribution in [2.75, 3.05) is 13.2 Å². The van der Waals surface area contributed by atoms with Crippen LogP contribution in [0.4, 0.5) is 4.39 Å². The highest BCUT2D eigenvalue weighted by atomic mass is 19.1. The molecular formula is C25H24FN3O4. The maximum Gasteiger partial charge on any atom is 0.251 e. The van der Waals surface area contributed by atoms with Crippen molar-refractivity contribution in [3.63, 3.8) is 0 Å². The molecular weight excluding hydrogens is 425 g/mol. The molecule has 8 heteroatoms. The monoisotopic (exact) mass is 449 g/mol. The second-order valence-corrected chi connectivity index (χ2v) is 8.55. The summed E-state index contributed by atoms with van der Waals surface area (Å²) in [5, 5.41) is 14.0. The number of aliphatic hydroxyl groups is 1. The molecule has 1 aliphatic rings. The Bertz CT molecular complexity index is 1210. The van der Waals surface area contributed by atoms with Crippen molar-refractivity contribution in [3.05, 3.63) is 83.3 Å². The third-order valence-corrected chi connectivity index (χ3v) is 5.92. The molecule has 0 spiro atoms. The van der Waals surface area contributed by atoms with Crippen LogP contribution in [0.2, 0.25) is 0 Å². The molecule has 4 rings (SSSR count). The number of nitrogens with one attached hydrogen (secondary N) is 1. The lowest BCUT2D eigenvalue weighted by Crippen LogP contribution is -2.41. The minimum absolute atomic E-state index is 0.0177. The van der Waals surface area contributed by atoms with Gasteiger partial charge in [-0.15, -0.1) is 0 Å². The number of nitrogens with two attached hydrogens (primary N) is 1. The molecule has 3 aromatic rings. The van der Waals surface area contributed by atoms with Gasteiger partial charge in [-0.05, 0) is 56.3 Å². The van der Waals surface area contributed by atoms with Gasteiger partial charge in [0, 0.05) is 16.7 Å². The third-order valence-electron chi connectivity index (χ3n) is 5.92. The third kappa shape index (κ3) is 4.17. The molecule has 2 heterocycles. The summed E-state index contributed by atoms with van der Waals surface area (Å²) in [5.74, 6) is -0.984. The molecule has 4 N–H and O–H groups in total. The van der Waals surface area contributed by atoms with Crippen molar-refractivity contribution in [1.29, 1.82) is 0 Å². The van der Waals surface area contributed by atoms with Crippen LogP contribution in [0, 0.1) is 5.82 Å². The topological polar surface area (TPSA) is 115 Å². The minimum Gasteiger partial charge on any atom is -0.489 e. The maximum atomic E-state index is 13.5. The molecule has 0 saturated carbocycles. The summed E-state index contributed by atoms with van der Waals surface area (Å²) < 4.78 is 19.3. The van der Waals surface area contributed by atoms with Gasteiger partial charge in [-0.2, -0.15) is 0 Å². The molecule has 7 nitrogen and oxygen atoms in total. The van der Waals surface area contributed by atoms with Crippen LogP contribution in [0.3, 0.4) is 0 Å². The molecule has 0 aliphatic carbocycles. The zero-order valence-electron chi connectivity index (χ0n) is 18.3. The lowest BCUT2D eigenvalue weighted by atomic mass is 9.82. The molecule has 2 amide bonds. The summed E-state index contributed by atoms with van der Waals surface area (Å²) in [6, 6.07) is 15.9. The van der Waals surface area contributed by atoms with E-state index in [0.717, 1.165) is 0 Å². The van der Waals surface area contributed by atoms with E-state index in [1.165, 1.54) is 31.2 Å². The van der Waals surface area contributed by atoms with E-state index in [1.807, 2.05) is 0 Å². The van der Waals surface area contributed by atoms with E-state index in [1.54, 1.807) is 43.3 Å². The number of pyridine rings is 1. The number of hydrogen-bond donors (Lipinski definition) is 3. The van der Waals surface area contributed by atoms with Crippen LogP contribution >= 0.6 is 0 Å². The van der Waals surface area contributed by atoms with E-state index in [4.69, 9.17) is 10.5 Å². The molecule has 1 aliphatic heterocycles. The van der Waals surface area contributed by atoms with Crippen molar-refractivity contribution in [2.45, 2.75) is 24.9 Å². The first-order chi connectivity index (χ1) is 15.6. The Balaban J connectivity index is 1.74. The van der Waals surface area contributed by atoms with Gasteiger partial charge in [-0.25, -0.2) is 9.37 Å². The lowest BCUT2D eigenvalue weighted by Gasteiger charge is -2.26. The molecule has 33 heavy (non-hydrogen) atoms. The van der Waals surface area contributed by atoms with Crippen LogP contribution in [-0.2, 0) is 15.8 Å². The first kappa shape index (κ1) is 22.4. The number of carbonyl (C=O) groups excluding carboxylic acids is 2. The van der Waals surface area contributed by atoms with Gasteiger partial charge in [0.05, 0.1) is 12.2 Å². The quantitative estimate of drug-likeness (QED) is 0.535. The van der Waals surface area contributed by atoms with Gasteiger partial charge >= 0.3 is 0 Å². The van der Waals surface area contributed by atoms with E-state index >= 15 is 0 Å². The molecule has 0 bridgehead atoms. The molecule has 0 fully saturated rings. The second kappa shape index (κ2) is 8.29. The van der Waals surface area contributed by atoms with Crippen LogP contribution in [-0.4, -0.2) is 35.1 Å². The number of aromatic nitrogens is 1. The molecule has 2 atom stereocenters. The molecule has 1 aromatic heterocycles. The van der Waals surface area contributed by atoms with E-state index in [9.17, 15) is 19.1 Å². The molecule has 170 valence electrons. The Morgan fingerprint density at radius 2 is 1.88 bits per heavy atom. The zero-order valence-corrected chi connectivity index (χ0v) is 18.3. The lowest BCUT2D eigenvalue weighted by molar-refractivity contribution is -0.123. The Labute approximate surface area is 190 Å². The first-order valence-electron chi connectivity index (χ1n) is 10.4. The number of ether oxygens (including phenoxy) is 1. The van der Waals surface area contributed by atoms with Gasteiger partial charge in [-0.3, -0.25) is 9.59 Å². The van der Waals surface area contributed by atoms with Gasteiger partial charge in [-0.1, -0.05) is 18.2 Å². The number of halogens is 1. The smallest absolute Gasteiger partial charge is 0.251 e. The number of rotatable bonds is 6. The highest BCUT2D eigenvalue weighted by molar-refractivity contribution is 5.94. The van der Waals surface area contributed by atoms with E-state index < -0.39 is 22.7 Å². The number of amides is 2. The Hall–Kier alpha value is -3.78. The van der Waals surface area contributed by atoms with Crippen LogP contribution in [0.15, 0.2) is 60.7 Å². The van der Waals surface area contributed by atoms with Crippen LogP contribution < -0.4 is 15.8 Å². The molecule has 2 aromatic carbocycles. The number of benzene rings is 2. The van der Waals surface area contributed by atoms with Gasteiger partial charge in [0.2, 0.25) is 5.91 Å². The van der Waals surface area contributed by atoms with Gasteiger partial charge in [0.25, 0.3) is 5.91 Å². The fourth-order valence-electron chi connectivity index (χ4n) is 3.70. The van der Waals surface area contributed by atoms with Crippen LogP contribution in [0.5, 0.6) is 5.75 Å². The Morgan fingerprint density at radius 1 is 1.21 bits per heavy atom.